The normalized spacial score (nSPS) is 19.0. The van der Waals surface area contributed by atoms with Crippen molar-refractivity contribution >= 4 is 0 Å². The number of rotatable bonds is 3. The summed E-state index contributed by atoms with van der Waals surface area (Å²) in [6.07, 6.45) is 4.36. The molecule has 1 aromatic heterocycles. The molecule has 72 valence electrons. The Morgan fingerprint density at radius 2 is 2.15 bits per heavy atom. The van der Waals surface area contributed by atoms with E-state index in [9.17, 15) is 0 Å². The zero-order chi connectivity index (χ0) is 9.47. The molecule has 2 rings (SSSR count). The van der Waals surface area contributed by atoms with Gasteiger partial charge in [0.25, 0.3) is 0 Å². The lowest BCUT2D eigenvalue weighted by atomic mass is 10.1. The average molecular weight is 180 g/mol. The van der Waals surface area contributed by atoms with Crippen molar-refractivity contribution in [1.29, 1.82) is 0 Å². The third-order valence-corrected chi connectivity index (χ3v) is 2.73. The highest BCUT2D eigenvalue weighted by Crippen LogP contribution is 2.36. The highest BCUT2D eigenvalue weighted by atomic mass is 15.5. The Hall–Kier alpha value is -0.900. The molecule has 1 aliphatic rings. The summed E-state index contributed by atoms with van der Waals surface area (Å²) in [6.45, 7) is 2.00. The first-order valence-corrected chi connectivity index (χ1v) is 4.75. The Kier molecular flexibility index (Phi) is 1.87. The van der Waals surface area contributed by atoms with Crippen molar-refractivity contribution in [1.82, 2.24) is 15.0 Å². The van der Waals surface area contributed by atoms with Crippen molar-refractivity contribution in [2.24, 2.45) is 12.8 Å². The van der Waals surface area contributed by atoms with Crippen LogP contribution in [0.2, 0.25) is 0 Å². The molecule has 0 radical (unpaired) electrons. The van der Waals surface area contributed by atoms with Crippen molar-refractivity contribution in [3.05, 3.63) is 11.4 Å². The number of aromatic nitrogens is 3. The minimum absolute atomic E-state index is 0.129. The van der Waals surface area contributed by atoms with Gasteiger partial charge in [0.2, 0.25) is 0 Å². The van der Waals surface area contributed by atoms with Crippen molar-refractivity contribution in [3.8, 4) is 0 Å². The van der Waals surface area contributed by atoms with E-state index in [0.29, 0.717) is 0 Å². The fourth-order valence-electron chi connectivity index (χ4n) is 1.55. The van der Waals surface area contributed by atoms with Gasteiger partial charge in [-0.15, -0.1) is 0 Å². The first kappa shape index (κ1) is 8.69. The van der Waals surface area contributed by atoms with Gasteiger partial charge in [-0.2, -0.15) is 15.0 Å². The lowest BCUT2D eigenvalue weighted by Gasteiger charge is -2.05. The van der Waals surface area contributed by atoms with Gasteiger partial charge in [-0.25, -0.2) is 0 Å². The van der Waals surface area contributed by atoms with Gasteiger partial charge >= 0.3 is 0 Å². The molecule has 0 amide bonds. The van der Waals surface area contributed by atoms with Gasteiger partial charge in [0, 0.05) is 12.6 Å². The molecule has 0 aliphatic heterocycles. The maximum Gasteiger partial charge on any atom is 0.0857 e. The van der Waals surface area contributed by atoms with Crippen LogP contribution in [0.1, 0.15) is 30.7 Å². The third-order valence-electron chi connectivity index (χ3n) is 2.73. The topological polar surface area (TPSA) is 56.7 Å². The monoisotopic (exact) mass is 180 g/mol. The molecule has 1 aliphatic carbocycles. The molecule has 0 saturated heterocycles. The molecule has 0 bridgehead atoms. The zero-order valence-corrected chi connectivity index (χ0v) is 8.25. The number of hydrogen-bond donors (Lipinski definition) is 1. The maximum absolute atomic E-state index is 6.00. The van der Waals surface area contributed by atoms with E-state index in [1.54, 1.807) is 4.80 Å². The predicted octanol–water partition coefficient (Wildman–Crippen LogP) is 0.547. The minimum Gasteiger partial charge on any atom is -0.325 e. The molecule has 1 aromatic rings. The fourth-order valence-corrected chi connectivity index (χ4v) is 1.55. The number of nitrogens with zero attached hydrogens (tertiary/aromatic N) is 3. The van der Waals surface area contributed by atoms with E-state index in [1.807, 2.05) is 14.0 Å². The molecule has 1 fully saturated rings. The summed E-state index contributed by atoms with van der Waals surface area (Å²) in [4.78, 5) is 1.63. The Morgan fingerprint density at radius 1 is 1.46 bits per heavy atom. The number of hydrogen-bond acceptors (Lipinski definition) is 3. The van der Waals surface area contributed by atoms with Crippen molar-refractivity contribution < 1.29 is 0 Å². The van der Waals surface area contributed by atoms with E-state index in [0.717, 1.165) is 24.2 Å². The quantitative estimate of drug-likeness (QED) is 0.739. The van der Waals surface area contributed by atoms with Gasteiger partial charge in [-0.1, -0.05) is 0 Å². The molecule has 0 spiro atoms. The fraction of sp³-hybridized carbons (Fsp3) is 0.778. The second kappa shape index (κ2) is 2.80. The molecule has 1 heterocycles. The van der Waals surface area contributed by atoms with Gasteiger partial charge in [-0.3, -0.25) is 0 Å². The van der Waals surface area contributed by atoms with Crippen LogP contribution >= 0.6 is 0 Å². The minimum atomic E-state index is 0.129. The van der Waals surface area contributed by atoms with E-state index in [4.69, 9.17) is 5.73 Å². The van der Waals surface area contributed by atoms with Crippen LogP contribution in [0.4, 0.5) is 0 Å². The lowest BCUT2D eigenvalue weighted by Crippen LogP contribution is -2.22. The van der Waals surface area contributed by atoms with Crippen LogP contribution in [0.5, 0.6) is 0 Å². The van der Waals surface area contributed by atoms with Crippen LogP contribution < -0.4 is 5.73 Å². The second-order valence-corrected chi connectivity index (χ2v) is 4.08. The van der Waals surface area contributed by atoms with Gasteiger partial charge in [0.05, 0.1) is 11.4 Å². The Morgan fingerprint density at radius 3 is 2.62 bits per heavy atom. The van der Waals surface area contributed by atoms with Gasteiger partial charge in [0.1, 0.15) is 0 Å². The van der Waals surface area contributed by atoms with Crippen molar-refractivity contribution in [3.63, 3.8) is 0 Å². The standard InChI is InChI=1S/C9H16N4/c1-7-8(12-13(2)11-7)3-4-9(10)5-6-9/h3-6,10H2,1-2H3. The highest BCUT2D eigenvalue weighted by molar-refractivity contribution is 5.09. The highest BCUT2D eigenvalue weighted by Gasteiger charge is 2.37. The van der Waals surface area contributed by atoms with Crippen molar-refractivity contribution in [2.75, 3.05) is 0 Å². The second-order valence-electron chi connectivity index (χ2n) is 4.08. The summed E-state index contributed by atoms with van der Waals surface area (Å²) >= 11 is 0. The summed E-state index contributed by atoms with van der Waals surface area (Å²) in [5.74, 6) is 0. The van der Waals surface area contributed by atoms with Crippen LogP contribution in [0, 0.1) is 6.92 Å². The molecule has 0 aromatic carbocycles. The number of nitrogens with two attached hydrogens (primary N) is 1. The first-order valence-electron chi connectivity index (χ1n) is 4.75. The van der Waals surface area contributed by atoms with Crippen LogP contribution in [0.15, 0.2) is 0 Å². The van der Waals surface area contributed by atoms with Crippen LogP contribution in [0.25, 0.3) is 0 Å². The van der Waals surface area contributed by atoms with Gasteiger partial charge in [0.15, 0.2) is 0 Å². The van der Waals surface area contributed by atoms with Crippen LogP contribution in [0.3, 0.4) is 0 Å². The molecule has 13 heavy (non-hydrogen) atoms. The van der Waals surface area contributed by atoms with Crippen LogP contribution in [-0.2, 0) is 13.5 Å². The molecular weight excluding hydrogens is 164 g/mol. The number of aryl methyl sites for hydroxylation is 3. The summed E-state index contributed by atoms with van der Waals surface area (Å²) in [5.41, 5.74) is 8.26. The SMILES string of the molecule is Cc1nn(C)nc1CCC1(N)CC1. The Balaban J connectivity index is 1.97. The van der Waals surface area contributed by atoms with E-state index in [-0.39, 0.29) is 5.54 Å². The third kappa shape index (κ3) is 1.88. The molecule has 0 unspecified atom stereocenters. The van der Waals surface area contributed by atoms with E-state index in [2.05, 4.69) is 10.2 Å². The van der Waals surface area contributed by atoms with Crippen molar-refractivity contribution in [2.45, 2.75) is 38.1 Å². The molecule has 4 heteroatoms. The summed E-state index contributed by atoms with van der Waals surface area (Å²) in [7, 11) is 1.85. The zero-order valence-electron chi connectivity index (χ0n) is 8.25. The predicted molar refractivity (Wildman–Crippen MR) is 50.2 cm³/mol. The molecule has 1 saturated carbocycles. The summed E-state index contributed by atoms with van der Waals surface area (Å²) < 4.78 is 0. The van der Waals surface area contributed by atoms with Crippen LogP contribution in [-0.4, -0.2) is 20.5 Å². The summed E-state index contributed by atoms with van der Waals surface area (Å²) in [5, 5.41) is 8.49. The largest absolute Gasteiger partial charge is 0.325 e. The smallest absolute Gasteiger partial charge is 0.0857 e. The molecule has 4 nitrogen and oxygen atoms in total. The average Bonchev–Trinajstić information content (AvgIpc) is 2.69. The maximum atomic E-state index is 6.00. The lowest BCUT2D eigenvalue weighted by molar-refractivity contribution is 0.590. The van der Waals surface area contributed by atoms with E-state index < -0.39 is 0 Å². The van der Waals surface area contributed by atoms with Gasteiger partial charge < -0.3 is 5.73 Å². The molecular formula is C9H16N4. The van der Waals surface area contributed by atoms with E-state index in [1.165, 1.54) is 12.8 Å². The molecule has 0 atom stereocenters. The molecule has 2 N–H and O–H groups in total. The first-order chi connectivity index (χ1) is 6.09. The van der Waals surface area contributed by atoms with E-state index >= 15 is 0 Å². The summed E-state index contributed by atoms with van der Waals surface area (Å²) in [6, 6.07) is 0. The Labute approximate surface area is 78.1 Å². The Bertz CT molecular complexity index is 311. The van der Waals surface area contributed by atoms with Gasteiger partial charge in [-0.05, 0) is 32.6 Å².